The van der Waals surface area contributed by atoms with E-state index in [4.69, 9.17) is 4.42 Å². The summed E-state index contributed by atoms with van der Waals surface area (Å²) in [5, 5.41) is 11.1. The molecule has 0 bridgehead atoms. The first-order valence-electron chi connectivity index (χ1n) is 6.92. The van der Waals surface area contributed by atoms with Gasteiger partial charge in [0.05, 0.1) is 5.75 Å². The van der Waals surface area contributed by atoms with Gasteiger partial charge in [-0.3, -0.25) is 4.79 Å². The largest absolute Gasteiger partial charge is 0.410 e. The lowest BCUT2D eigenvalue weighted by Gasteiger charge is -2.03. The molecule has 1 aromatic heterocycles. The SMILES string of the molecule is CSCC[C@H]([NH3+])c1nnc(SCC(=O)Nc2ccc(Br)cc2)o1. The summed E-state index contributed by atoms with van der Waals surface area (Å²) in [6.07, 6.45) is 2.93. The predicted molar refractivity (Wildman–Crippen MR) is 96.4 cm³/mol. The summed E-state index contributed by atoms with van der Waals surface area (Å²) in [5.41, 5.74) is 4.77. The molecule has 0 radical (unpaired) electrons. The predicted octanol–water partition coefficient (Wildman–Crippen LogP) is 2.60. The minimum absolute atomic E-state index is 0.0131. The summed E-state index contributed by atoms with van der Waals surface area (Å²) >= 11 is 6.33. The zero-order chi connectivity index (χ0) is 16.7. The van der Waals surface area contributed by atoms with Crippen molar-refractivity contribution < 1.29 is 14.9 Å². The number of quaternary nitrogens is 1. The minimum Gasteiger partial charge on any atom is -0.410 e. The number of hydrogen-bond donors (Lipinski definition) is 2. The molecule has 23 heavy (non-hydrogen) atoms. The fourth-order valence-electron chi connectivity index (χ4n) is 1.68. The number of benzene rings is 1. The zero-order valence-corrected chi connectivity index (χ0v) is 15.8. The number of anilines is 1. The Morgan fingerprint density at radius 1 is 1.39 bits per heavy atom. The van der Waals surface area contributed by atoms with E-state index in [-0.39, 0.29) is 17.7 Å². The average molecular weight is 418 g/mol. The molecule has 4 N–H and O–H groups in total. The topological polar surface area (TPSA) is 95.7 Å². The molecular weight excluding hydrogens is 400 g/mol. The Kier molecular flexibility index (Phi) is 7.41. The molecule has 0 fully saturated rings. The molecule has 2 rings (SSSR count). The third-order valence-electron chi connectivity index (χ3n) is 2.90. The minimum atomic E-state index is -0.120. The average Bonchev–Trinajstić information content (AvgIpc) is 3.02. The van der Waals surface area contributed by atoms with Gasteiger partial charge in [-0.05, 0) is 36.3 Å². The highest BCUT2D eigenvalue weighted by Gasteiger charge is 2.18. The number of aromatic nitrogens is 2. The molecule has 0 spiro atoms. The van der Waals surface area contributed by atoms with Crippen LogP contribution in [0.5, 0.6) is 0 Å². The van der Waals surface area contributed by atoms with Crippen LogP contribution < -0.4 is 11.1 Å². The number of hydrogen-bond acceptors (Lipinski definition) is 6. The number of amides is 1. The Morgan fingerprint density at radius 3 is 2.83 bits per heavy atom. The highest BCUT2D eigenvalue weighted by atomic mass is 79.9. The molecule has 0 unspecified atom stereocenters. The van der Waals surface area contributed by atoms with Gasteiger partial charge in [0.1, 0.15) is 0 Å². The Bertz CT molecular complexity index is 636. The summed E-state index contributed by atoms with van der Waals surface area (Å²) in [6.45, 7) is 0. The maximum absolute atomic E-state index is 11.9. The summed E-state index contributed by atoms with van der Waals surface area (Å²) in [4.78, 5) is 11.9. The van der Waals surface area contributed by atoms with E-state index in [2.05, 4.69) is 37.2 Å². The van der Waals surface area contributed by atoms with Crippen molar-refractivity contribution in [3.63, 3.8) is 0 Å². The molecule has 1 atom stereocenters. The van der Waals surface area contributed by atoms with E-state index in [0.717, 1.165) is 22.3 Å². The molecule has 0 aliphatic rings. The molecule has 6 nitrogen and oxygen atoms in total. The third kappa shape index (κ3) is 6.17. The summed E-state index contributed by atoms with van der Waals surface area (Å²) in [7, 11) is 0. The van der Waals surface area contributed by atoms with Crippen molar-refractivity contribution in [2.24, 2.45) is 0 Å². The van der Waals surface area contributed by atoms with Crippen molar-refractivity contribution in [1.29, 1.82) is 0 Å². The Hall–Kier alpha value is -1.03. The van der Waals surface area contributed by atoms with Crippen LogP contribution in [0.3, 0.4) is 0 Å². The van der Waals surface area contributed by atoms with Crippen molar-refractivity contribution in [2.45, 2.75) is 17.7 Å². The van der Waals surface area contributed by atoms with Crippen LogP contribution in [0.2, 0.25) is 0 Å². The second kappa shape index (κ2) is 9.31. The van der Waals surface area contributed by atoms with E-state index in [1.165, 1.54) is 11.8 Å². The first-order valence-corrected chi connectivity index (χ1v) is 10.1. The molecule has 0 aliphatic carbocycles. The van der Waals surface area contributed by atoms with Crippen LogP contribution >= 0.6 is 39.5 Å². The lowest BCUT2D eigenvalue weighted by Crippen LogP contribution is -2.53. The van der Waals surface area contributed by atoms with Gasteiger partial charge >= 0.3 is 0 Å². The van der Waals surface area contributed by atoms with Gasteiger partial charge in [-0.15, -0.1) is 10.2 Å². The number of carbonyl (C=O) groups excluding carboxylic acids is 1. The smallest absolute Gasteiger partial charge is 0.277 e. The number of thioether (sulfide) groups is 2. The van der Waals surface area contributed by atoms with Crippen LogP contribution in [0.4, 0.5) is 5.69 Å². The second-order valence-corrected chi connectivity index (χ2v) is 7.56. The van der Waals surface area contributed by atoms with Gasteiger partial charge in [-0.25, -0.2) is 0 Å². The molecule has 9 heteroatoms. The lowest BCUT2D eigenvalue weighted by atomic mass is 10.2. The second-order valence-electron chi connectivity index (χ2n) is 4.73. The number of carbonyl (C=O) groups is 1. The van der Waals surface area contributed by atoms with E-state index in [0.29, 0.717) is 11.1 Å². The van der Waals surface area contributed by atoms with Gasteiger partial charge in [0.15, 0.2) is 6.04 Å². The maximum atomic E-state index is 11.9. The van der Waals surface area contributed by atoms with Crippen LogP contribution in [0, 0.1) is 0 Å². The fourth-order valence-corrected chi connectivity index (χ4v) is 3.04. The van der Waals surface area contributed by atoms with E-state index >= 15 is 0 Å². The van der Waals surface area contributed by atoms with Crippen molar-refractivity contribution in [1.82, 2.24) is 10.2 Å². The van der Waals surface area contributed by atoms with E-state index in [1.807, 2.05) is 30.5 Å². The van der Waals surface area contributed by atoms with Gasteiger partial charge in [-0.1, -0.05) is 27.7 Å². The summed E-state index contributed by atoms with van der Waals surface area (Å²) in [5.74, 6) is 1.61. The van der Waals surface area contributed by atoms with E-state index in [9.17, 15) is 4.79 Å². The quantitative estimate of drug-likeness (QED) is 0.640. The summed E-state index contributed by atoms with van der Waals surface area (Å²) < 4.78 is 6.51. The first-order chi connectivity index (χ1) is 11.1. The standard InChI is InChI=1S/C14H17BrN4O2S2/c1-22-7-6-11(16)13-18-19-14(21-13)23-8-12(20)17-10-4-2-9(15)3-5-10/h2-5,11H,6-8,16H2,1H3,(H,17,20)/p+1/t11-/m0/s1. The maximum Gasteiger partial charge on any atom is 0.277 e. The molecule has 1 heterocycles. The van der Waals surface area contributed by atoms with Crippen LogP contribution in [-0.2, 0) is 4.79 Å². The normalized spacial score (nSPS) is 12.1. The number of halogens is 1. The van der Waals surface area contributed by atoms with Crippen LogP contribution in [0.1, 0.15) is 18.4 Å². The Labute approximate surface area is 151 Å². The van der Waals surface area contributed by atoms with Crippen LogP contribution in [0.15, 0.2) is 38.4 Å². The fraction of sp³-hybridized carbons (Fsp3) is 0.357. The lowest BCUT2D eigenvalue weighted by molar-refractivity contribution is -0.432. The van der Waals surface area contributed by atoms with Crippen molar-refractivity contribution in [3.8, 4) is 0 Å². The van der Waals surface area contributed by atoms with Crippen molar-refractivity contribution in [2.75, 3.05) is 23.1 Å². The van der Waals surface area contributed by atoms with Gasteiger partial charge in [0, 0.05) is 16.6 Å². The molecule has 1 amide bonds. The molecule has 0 aliphatic heterocycles. The molecule has 1 aromatic carbocycles. The molecule has 0 saturated carbocycles. The van der Waals surface area contributed by atoms with Crippen molar-refractivity contribution >= 4 is 51.0 Å². The number of nitrogens with one attached hydrogen (secondary N) is 1. The van der Waals surface area contributed by atoms with E-state index < -0.39 is 0 Å². The highest BCUT2D eigenvalue weighted by molar-refractivity contribution is 9.10. The van der Waals surface area contributed by atoms with Gasteiger partial charge < -0.3 is 15.5 Å². The van der Waals surface area contributed by atoms with Crippen molar-refractivity contribution in [3.05, 3.63) is 34.6 Å². The summed E-state index contributed by atoms with van der Waals surface area (Å²) in [6, 6.07) is 7.39. The third-order valence-corrected chi connectivity index (χ3v) is 4.89. The van der Waals surface area contributed by atoms with Gasteiger partial charge in [-0.2, -0.15) is 11.8 Å². The highest BCUT2D eigenvalue weighted by Crippen LogP contribution is 2.20. The Balaban J connectivity index is 1.80. The number of rotatable bonds is 8. The molecule has 124 valence electrons. The monoisotopic (exact) mass is 417 g/mol. The molecular formula is C14H18BrN4O2S2+. The Morgan fingerprint density at radius 2 is 2.13 bits per heavy atom. The molecule has 2 aromatic rings. The number of nitrogens with zero attached hydrogens (tertiary/aromatic N) is 2. The van der Waals surface area contributed by atoms with Crippen LogP contribution in [-0.4, -0.2) is 33.9 Å². The zero-order valence-electron chi connectivity index (χ0n) is 12.6. The van der Waals surface area contributed by atoms with Gasteiger partial charge in [0.25, 0.3) is 11.1 Å². The van der Waals surface area contributed by atoms with Gasteiger partial charge in [0.2, 0.25) is 5.91 Å². The first kappa shape index (κ1) is 18.3. The molecule has 0 saturated heterocycles. The van der Waals surface area contributed by atoms with E-state index in [1.54, 1.807) is 11.8 Å². The van der Waals surface area contributed by atoms with Crippen LogP contribution in [0.25, 0.3) is 0 Å².